The van der Waals surface area contributed by atoms with E-state index in [1.54, 1.807) is 8.26 Å². The van der Waals surface area contributed by atoms with Crippen LogP contribution in [-0.4, -0.2) is 0 Å². The van der Waals surface area contributed by atoms with Crippen molar-refractivity contribution in [2.45, 2.75) is 28.5 Å². The van der Waals surface area contributed by atoms with Crippen LogP contribution in [0.4, 0.5) is 0 Å². The van der Waals surface area contributed by atoms with Crippen molar-refractivity contribution in [3.8, 4) is 0 Å². The second-order valence-corrected chi connectivity index (χ2v) is 16.0. The van der Waals surface area contributed by atoms with E-state index >= 15 is 0 Å². The van der Waals surface area contributed by atoms with Crippen LogP contribution in [0.15, 0.2) is 42.5 Å². The van der Waals surface area contributed by atoms with Crippen LogP contribution in [0.1, 0.15) is 20.3 Å². The normalized spacial score (nSPS) is 25.8. The number of halogens is 2. The smallest absolute Gasteiger partial charge is 1.00 e. The molecular formula is C14H18Cl2Zr. The molecule has 0 aromatic carbocycles. The number of hydrogen-bond donors (Lipinski definition) is 0. The van der Waals surface area contributed by atoms with E-state index in [1.165, 1.54) is 12.0 Å². The Labute approximate surface area is 121 Å². The molecule has 0 bridgehead atoms. The summed E-state index contributed by atoms with van der Waals surface area (Å²) < 4.78 is 6.92. The zero-order chi connectivity index (χ0) is 10.5. The largest absolute Gasteiger partial charge is 1.00 e. The van der Waals surface area contributed by atoms with Crippen LogP contribution < -0.4 is 24.8 Å². The Balaban J connectivity index is 0.000000722. The van der Waals surface area contributed by atoms with Crippen molar-refractivity contribution in [3.05, 3.63) is 42.5 Å². The minimum absolute atomic E-state index is 0. The maximum Gasteiger partial charge on any atom is -1.00 e. The average molecular weight is 348 g/mol. The van der Waals surface area contributed by atoms with Crippen molar-refractivity contribution >= 4 is 0 Å². The fraction of sp³-hybridized carbons (Fsp3) is 0.429. The fourth-order valence-electron chi connectivity index (χ4n) is 3.21. The van der Waals surface area contributed by atoms with E-state index in [0.29, 0.717) is 0 Å². The second kappa shape index (κ2) is 5.60. The van der Waals surface area contributed by atoms with Crippen LogP contribution in [0.25, 0.3) is 0 Å². The molecule has 0 aromatic heterocycles. The van der Waals surface area contributed by atoms with Crippen molar-refractivity contribution in [2.24, 2.45) is 5.92 Å². The maximum atomic E-state index is 2.52. The summed E-state index contributed by atoms with van der Waals surface area (Å²) in [4.78, 5) is 0. The Morgan fingerprint density at radius 3 is 2.35 bits per heavy atom. The second-order valence-electron chi connectivity index (χ2n) is 5.21. The molecule has 2 aliphatic carbocycles. The van der Waals surface area contributed by atoms with Gasteiger partial charge >= 0.3 is 97.2 Å². The number of hydrogen-bond acceptors (Lipinski definition) is 0. The Hall–Kier alpha value is 0.423. The van der Waals surface area contributed by atoms with E-state index in [2.05, 4.69) is 44.2 Å². The quantitative estimate of drug-likeness (QED) is 0.560. The first kappa shape index (κ1) is 15.5. The molecule has 0 saturated carbocycles. The Morgan fingerprint density at radius 1 is 1.24 bits per heavy atom. The summed E-state index contributed by atoms with van der Waals surface area (Å²) >= 11 is -1.88. The molecule has 0 aromatic rings. The molecule has 1 unspecified atom stereocenters. The summed E-state index contributed by atoms with van der Waals surface area (Å²) in [6.45, 7) is 4.65. The molecule has 0 nitrogen and oxygen atoms in total. The monoisotopic (exact) mass is 346 g/mol. The van der Waals surface area contributed by atoms with Gasteiger partial charge in [-0.3, -0.25) is 0 Å². The summed E-state index contributed by atoms with van der Waals surface area (Å²) in [5, 5.41) is 0. The van der Waals surface area contributed by atoms with Gasteiger partial charge in [0.2, 0.25) is 0 Å². The molecule has 3 rings (SSSR count). The molecule has 0 radical (unpaired) electrons. The molecule has 0 spiro atoms. The Bertz CT molecular complexity index is 426. The first-order valence-electron chi connectivity index (χ1n) is 5.99. The molecule has 3 aliphatic rings. The minimum Gasteiger partial charge on any atom is -1.00 e. The summed E-state index contributed by atoms with van der Waals surface area (Å²) in [7, 11) is 0. The van der Waals surface area contributed by atoms with Crippen molar-refractivity contribution in [2.75, 3.05) is 0 Å². The van der Waals surface area contributed by atoms with Gasteiger partial charge in [0.1, 0.15) is 0 Å². The first-order chi connectivity index (χ1) is 7.22. The number of allylic oxidation sites excluding steroid dienone is 8. The molecule has 1 aliphatic heterocycles. The topological polar surface area (TPSA) is 0 Å². The molecule has 0 amide bonds. The third kappa shape index (κ3) is 2.58. The van der Waals surface area contributed by atoms with Crippen molar-refractivity contribution in [1.82, 2.24) is 0 Å². The van der Waals surface area contributed by atoms with E-state index in [1.807, 2.05) is 6.56 Å². The van der Waals surface area contributed by atoms with Crippen molar-refractivity contribution < 1.29 is 45.1 Å². The SMILES string of the molecule is CC1=CC(C)[C]([Zr+2]2([C]3=CC=CC3)[CH2][CH2]2)=C1.[Cl-].[Cl-]. The first-order valence-corrected chi connectivity index (χ1v) is 11.9. The van der Waals surface area contributed by atoms with Crippen LogP contribution in [0.2, 0.25) is 8.26 Å². The van der Waals surface area contributed by atoms with E-state index in [4.69, 9.17) is 0 Å². The standard InChI is InChI=1S/C7H9.C5H5.C2H4.2ClH.Zr/c1-6-3-4-7(2)5-6;1-2-4-5-3-1;1-2;;;/h3,5,7H,1-2H3;1-3H,4H2;1-2H2;2*1H;/q;;;;;+2/p-2. The summed E-state index contributed by atoms with van der Waals surface area (Å²) in [5.41, 5.74) is 1.51. The van der Waals surface area contributed by atoms with Crippen LogP contribution >= 0.6 is 0 Å². The van der Waals surface area contributed by atoms with E-state index in [9.17, 15) is 0 Å². The van der Waals surface area contributed by atoms with Crippen LogP contribution in [0, 0.1) is 5.92 Å². The third-order valence-corrected chi connectivity index (χ3v) is 15.9. The van der Waals surface area contributed by atoms with E-state index in [0.717, 1.165) is 5.92 Å². The maximum absolute atomic E-state index is 2.52. The fourth-order valence-corrected chi connectivity index (χ4v) is 17.2. The molecule has 1 fully saturated rings. The molecule has 92 valence electrons. The van der Waals surface area contributed by atoms with Gasteiger partial charge in [0.05, 0.1) is 0 Å². The van der Waals surface area contributed by atoms with Crippen LogP contribution in [0.5, 0.6) is 0 Å². The number of rotatable bonds is 2. The van der Waals surface area contributed by atoms with Crippen molar-refractivity contribution in [3.63, 3.8) is 0 Å². The zero-order valence-corrected chi connectivity index (χ0v) is 14.3. The molecule has 1 atom stereocenters. The third-order valence-electron chi connectivity index (χ3n) is 4.08. The molecule has 0 N–H and O–H groups in total. The zero-order valence-electron chi connectivity index (χ0n) is 10.3. The van der Waals surface area contributed by atoms with Crippen LogP contribution in [0.3, 0.4) is 0 Å². The molecule has 1 saturated heterocycles. The van der Waals surface area contributed by atoms with Gasteiger partial charge in [-0.1, -0.05) is 0 Å². The predicted octanol–water partition coefficient (Wildman–Crippen LogP) is -1.68. The van der Waals surface area contributed by atoms with Gasteiger partial charge < -0.3 is 24.8 Å². The van der Waals surface area contributed by atoms with Crippen molar-refractivity contribution in [1.29, 1.82) is 0 Å². The molecule has 17 heavy (non-hydrogen) atoms. The van der Waals surface area contributed by atoms with E-state index in [-0.39, 0.29) is 24.8 Å². The summed E-state index contributed by atoms with van der Waals surface area (Å²) in [5.74, 6) is 0.754. The summed E-state index contributed by atoms with van der Waals surface area (Å²) in [6, 6.07) is 0. The minimum atomic E-state index is -1.88. The van der Waals surface area contributed by atoms with Gasteiger partial charge in [-0.25, -0.2) is 0 Å². The molecule has 3 heteroatoms. The van der Waals surface area contributed by atoms with Gasteiger partial charge in [-0.05, 0) is 0 Å². The molecule has 1 heterocycles. The van der Waals surface area contributed by atoms with Gasteiger partial charge in [0, 0.05) is 0 Å². The Kier molecular flexibility index (Phi) is 5.10. The van der Waals surface area contributed by atoms with Gasteiger partial charge in [-0.2, -0.15) is 0 Å². The molecular weight excluding hydrogens is 330 g/mol. The predicted molar refractivity (Wildman–Crippen MR) is 62.5 cm³/mol. The Morgan fingerprint density at radius 2 is 1.94 bits per heavy atom. The van der Waals surface area contributed by atoms with Crippen LogP contribution in [-0.2, 0) is 20.3 Å². The van der Waals surface area contributed by atoms with E-state index < -0.39 is 20.3 Å². The van der Waals surface area contributed by atoms with Gasteiger partial charge in [0.15, 0.2) is 0 Å². The van der Waals surface area contributed by atoms with Gasteiger partial charge in [-0.15, -0.1) is 0 Å². The summed E-state index contributed by atoms with van der Waals surface area (Å²) in [6.07, 6.45) is 13.3. The average Bonchev–Trinajstić information content (AvgIpc) is 2.68. The van der Waals surface area contributed by atoms with Gasteiger partial charge in [0.25, 0.3) is 0 Å².